The van der Waals surface area contributed by atoms with Crippen molar-refractivity contribution in [2.75, 3.05) is 6.26 Å². The number of nitrogens with one attached hydrogen (secondary N) is 1. The Morgan fingerprint density at radius 3 is 2.41 bits per heavy atom. The molecule has 0 amide bonds. The van der Waals surface area contributed by atoms with Gasteiger partial charge in [0, 0.05) is 5.56 Å². The smallest absolute Gasteiger partial charge is 0.343 e. The molecule has 7 heteroatoms. The molecule has 0 radical (unpaired) electrons. The van der Waals surface area contributed by atoms with Gasteiger partial charge in [0.2, 0.25) is 0 Å². The maximum absolute atomic E-state index is 12.2. The van der Waals surface area contributed by atoms with E-state index < -0.39 is 11.5 Å². The van der Waals surface area contributed by atoms with Crippen LogP contribution in [0.25, 0.3) is 11.3 Å². The number of carbonyl (C=O) groups is 1. The number of benzene rings is 2. The second-order valence-corrected chi connectivity index (χ2v) is 6.49. The lowest BCUT2D eigenvalue weighted by Crippen LogP contribution is -2.14. The lowest BCUT2D eigenvalue weighted by molar-refractivity contribution is 0.0735. The highest BCUT2D eigenvalue weighted by atomic mass is 32.2. The summed E-state index contributed by atoms with van der Waals surface area (Å²) < 4.78 is 5.36. The average Bonchev–Trinajstić information content (AvgIpc) is 2.68. The molecule has 0 atom stereocenters. The first-order valence-corrected chi connectivity index (χ1v) is 9.22. The van der Waals surface area contributed by atoms with Crippen molar-refractivity contribution in [3.8, 4) is 23.1 Å². The molecule has 0 spiro atoms. The minimum atomic E-state index is -0.485. The van der Waals surface area contributed by atoms with E-state index in [9.17, 15) is 14.9 Å². The van der Waals surface area contributed by atoms with Crippen molar-refractivity contribution in [2.45, 2.75) is 12.1 Å². The topological polar surface area (TPSA) is 95.8 Å². The maximum Gasteiger partial charge on any atom is 0.343 e. The Balaban J connectivity index is 1.87. The molecule has 0 fully saturated rings. The second-order valence-electron chi connectivity index (χ2n) is 5.69. The highest BCUT2D eigenvalue weighted by Crippen LogP contribution is 2.24. The predicted octanol–water partition coefficient (Wildman–Crippen LogP) is 3.56. The Labute approximate surface area is 159 Å². The number of esters is 1. The summed E-state index contributed by atoms with van der Waals surface area (Å²) in [5.74, 6) is -0.0998. The van der Waals surface area contributed by atoms with Crippen molar-refractivity contribution in [3.63, 3.8) is 0 Å². The second kappa shape index (κ2) is 7.89. The Morgan fingerprint density at radius 1 is 1.15 bits per heavy atom. The molecule has 0 aliphatic carbocycles. The number of aromatic amines is 1. The van der Waals surface area contributed by atoms with Crippen LogP contribution < -0.4 is 10.3 Å². The molecule has 6 nitrogen and oxygen atoms in total. The number of rotatable bonds is 4. The van der Waals surface area contributed by atoms with Gasteiger partial charge in [-0.3, -0.25) is 4.79 Å². The third-order valence-electron chi connectivity index (χ3n) is 3.83. The minimum Gasteiger partial charge on any atom is -0.423 e. The van der Waals surface area contributed by atoms with Crippen LogP contribution in [0.4, 0.5) is 0 Å². The maximum atomic E-state index is 12.2. The average molecular weight is 377 g/mol. The van der Waals surface area contributed by atoms with Crippen LogP contribution in [0.5, 0.6) is 5.75 Å². The molecule has 0 saturated heterocycles. The van der Waals surface area contributed by atoms with Crippen molar-refractivity contribution < 1.29 is 9.53 Å². The summed E-state index contributed by atoms with van der Waals surface area (Å²) in [7, 11) is 0. The lowest BCUT2D eigenvalue weighted by atomic mass is 10.1. The molecule has 0 aliphatic rings. The van der Waals surface area contributed by atoms with Crippen LogP contribution in [0.3, 0.4) is 0 Å². The third-order valence-corrected chi connectivity index (χ3v) is 4.41. The first kappa shape index (κ1) is 18.4. The Morgan fingerprint density at radius 2 is 1.81 bits per heavy atom. The standard InChI is InChI=1S/C20H15N3O3S/c1-12-3-5-14(6-4-12)19(25)26-15-9-7-13(8-10-15)17-16(11-21)18(24)23-20(22-17)27-2/h3-10H,1-2H3,(H,22,23,24). The van der Waals surface area contributed by atoms with Gasteiger partial charge in [-0.1, -0.05) is 29.5 Å². The highest BCUT2D eigenvalue weighted by molar-refractivity contribution is 7.98. The summed E-state index contributed by atoms with van der Waals surface area (Å²) in [5.41, 5.74) is 1.85. The number of H-pyrrole nitrogens is 1. The number of nitrogens with zero attached hydrogens (tertiary/aromatic N) is 2. The van der Waals surface area contributed by atoms with Crippen molar-refractivity contribution in [3.05, 3.63) is 75.6 Å². The van der Waals surface area contributed by atoms with Gasteiger partial charge in [0.05, 0.1) is 11.3 Å². The fourth-order valence-electron chi connectivity index (χ4n) is 2.40. The molecule has 27 heavy (non-hydrogen) atoms. The van der Waals surface area contributed by atoms with Gasteiger partial charge >= 0.3 is 5.97 Å². The Kier molecular flexibility index (Phi) is 5.38. The SMILES string of the molecule is CSc1nc(-c2ccc(OC(=O)c3ccc(C)cc3)cc2)c(C#N)c(=O)[nH]1. The van der Waals surface area contributed by atoms with E-state index in [2.05, 4.69) is 9.97 Å². The van der Waals surface area contributed by atoms with Gasteiger partial charge in [0.1, 0.15) is 17.4 Å². The molecule has 3 rings (SSSR count). The van der Waals surface area contributed by atoms with Crippen molar-refractivity contribution in [1.29, 1.82) is 5.26 Å². The summed E-state index contributed by atoms with van der Waals surface area (Å²) in [6.07, 6.45) is 1.78. The van der Waals surface area contributed by atoms with Crippen LogP contribution in [0.15, 0.2) is 58.5 Å². The summed E-state index contributed by atoms with van der Waals surface area (Å²) in [6.45, 7) is 1.94. The fraction of sp³-hybridized carbons (Fsp3) is 0.100. The van der Waals surface area contributed by atoms with Crippen LogP contribution >= 0.6 is 11.8 Å². The molecule has 134 valence electrons. The van der Waals surface area contributed by atoms with E-state index in [1.54, 1.807) is 42.7 Å². The third kappa shape index (κ3) is 4.07. The fourth-order valence-corrected chi connectivity index (χ4v) is 2.78. The summed E-state index contributed by atoms with van der Waals surface area (Å²) in [4.78, 5) is 31.1. The molecule has 2 aromatic carbocycles. The van der Waals surface area contributed by atoms with Crippen LogP contribution in [-0.4, -0.2) is 22.2 Å². The van der Waals surface area contributed by atoms with Crippen molar-refractivity contribution >= 4 is 17.7 Å². The Bertz CT molecular complexity index is 1080. The number of hydrogen-bond donors (Lipinski definition) is 1. The van der Waals surface area contributed by atoms with E-state index in [4.69, 9.17) is 4.74 Å². The summed E-state index contributed by atoms with van der Waals surface area (Å²) in [5, 5.41) is 9.68. The van der Waals surface area contributed by atoms with Gasteiger partial charge in [-0.2, -0.15) is 5.26 Å². The zero-order valence-corrected chi connectivity index (χ0v) is 15.5. The van der Waals surface area contributed by atoms with Gasteiger partial charge in [-0.25, -0.2) is 9.78 Å². The number of aryl methyl sites for hydroxylation is 1. The molecule has 1 aromatic heterocycles. The first-order chi connectivity index (χ1) is 13.0. The molecule has 1 heterocycles. The van der Waals surface area contributed by atoms with Crippen molar-refractivity contribution in [2.24, 2.45) is 0 Å². The van der Waals surface area contributed by atoms with E-state index in [1.165, 1.54) is 11.8 Å². The highest BCUT2D eigenvalue weighted by Gasteiger charge is 2.14. The van der Waals surface area contributed by atoms with Crippen LogP contribution in [0.2, 0.25) is 0 Å². The van der Waals surface area contributed by atoms with Gasteiger partial charge in [-0.05, 0) is 49.6 Å². The molecule has 0 aliphatic heterocycles. The number of nitriles is 1. The largest absolute Gasteiger partial charge is 0.423 e. The molecule has 0 bridgehead atoms. The number of hydrogen-bond acceptors (Lipinski definition) is 6. The molecule has 3 aromatic rings. The summed E-state index contributed by atoms with van der Waals surface area (Å²) >= 11 is 1.28. The van der Waals surface area contributed by atoms with Gasteiger partial charge in [0.25, 0.3) is 5.56 Å². The molecule has 1 N–H and O–H groups in total. The molecule has 0 saturated carbocycles. The molecular weight excluding hydrogens is 362 g/mol. The van der Waals surface area contributed by atoms with Crippen LogP contribution in [0.1, 0.15) is 21.5 Å². The van der Waals surface area contributed by atoms with E-state index in [-0.39, 0.29) is 5.56 Å². The number of ether oxygens (including phenoxy) is 1. The van der Waals surface area contributed by atoms with Gasteiger partial charge < -0.3 is 9.72 Å². The first-order valence-electron chi connectivity index (χ1n) is 7.99. The normalized spacial score (nSPS) is 10.3. The molecular formula is C20H15N3O3S. The Hall–Kier alpha value is -3.37. The molecule has 0 unspecified atom stereocenters. The van der Waals surface area contributed by atoms with E-state index >= 15 is 0 Å². The quantitative estimate of drug-likeness (QED) is 0.323. The summed E-state index contributed by atoms with van der Waals surface area (Å²) in [6, 6.07) is 15.5. The monoisotopic (exact) mass is 377 g/mol. The lowest BCUT2D eigenvalue weighted by Gasteiger charge is -2.07. The van der Waals surface area contributed by atoms with Crippen molar-refractivity contribution in [1.82, 2.24) is 9.97 Å². The van der Waals surface area contributed by atoms with Crippen LogP contribution in [0, 0.1) is 18.3 Å². The minimum absolute atomic E-state index is 0.0581. The number of thioether (sulfide) groups is 1. The van der Waals surface area contributed by atoms with Crippen LogP contribution in [-0.2, 0) is 0 Å². The van der Waals surface area contributed by atoms with Gasteiger partial charge in [0.15, 0.2) is 5.16 Å². The predicted molar refractivity (Wildman–Crippen MR) is 103 cm³/mol. The van der Waals surface area contributed by atoms with E-state index in [1.807, 2.05) is 25.1 Å². The number of aromatic nitrogens is 2. The number of carbonyl (C=O) groups excluding carboxylic acids is 1. The van der Waals surface area contributed by atoms with E-state index in [0.717, 1.165) is 5.56 Å². The van der Waals surface area contributed by atoms with Gasteiger partial charge in [-0.15, -0.1) is 0 Å². The van der Waals surface area contributed by atoms with E-state index in [0.29, 0.717) is 27.7 Å². The zero-order chi connectivity index (χ0) is 19.4. The zero-order valence-electron chi connectivity index (χ0n) is 14.6.